The van der Waals surface area contributed by atoms with Crippen molar-refractivity contribution < 1.29 is 9.84 Å². The lowest BCUT2D eigenvalue weighted by Crippen LogP contribution is -2.21. The number of rotatable bonds is 7. The van der Waals surface area contributed by atoms with Crippen molar-refractivity contribution in [2.24, 2.45) is 0 Å². The van der Waals surface area contributed by atoms with Crippen LogP contribution >= 0.6 is 0 Å². The topological polar surface area (TPSA) is 68.1 Å². The average molecular weight is 428 g/mol. The van der Waals surface area contributed by atoms with E-state index >= 15 is 0 Å². The van der Waals surface area contributed by atoms with Gasteiger partial charge in [-0.3, -0.25) is 0 Å². The molecule has 0 radical (unpaired) electrons. The molecular weight excluding hydrogens is 398 g/mol. The Morgan fingerprint density at radius 3 is 1.81 bits per heavy atom. The number of aliphatic hydroxyl groups is 1. The molecule has 2 atom stereocenters. The van der Waals surface area contributed by atoms with Crippen LogP contribution in [0.25, 0.3) is 22.3 Å². The zero-order valence-electron chi connectivity index (χ0n) is 18.5. The Labute approximate surface area is 189 Å². The van der Waals surface area contributed by atoms with E-state index in [9.17, 15) is 5.11 Å². The molecule has 0 bridgehead atoms. The van der Waals surface area contributed by atoms with Crippen molar-refractivity contribution in [3.8, 4) is 28.0 Å². The van der Waals surface area contributed by atoms with E-state index in [1.165, 1.54) is 30.1 Å². The first-order valence-corrected chi connectivity index (χ1v) is 10.8. The molecule has 2 unspecified atom stereocenters. The van der Waals surface area contributed by atoms with Crippen molar-refractivity contribution in [1.29, 1.82) is 0 Å². The van der Waals surface area contributed by atoms with Gasteiger partial charge in [0.15, 0.2) is 0 Å². The fourth-order valence-corrected chi connectivity index (χ4v) is 3.34. The maximum absolute atomic E-state index is 9.68. The SMILES string of the molecule is CCC(CC(C)O)Oc1ccccc1-c1ccc(-c2ccccc2)cc1.c1ncncn1. The Hall–Kier alpha value is -3.57. The maximum Gasteiger partial charge on any atom is 0.127 e. The smallest absolute Gasteiger partial charge is 0.127 e. The highest BCUT2D eigenvalue weighted by Crippen LogP contribution is 2.32. The minimum absolute atomic E-state index is 0.0136. The summed E-state index contributed by atoms with van der Waals surface area (Å²) in [5.41, 5.74) is 4.63. The van der Waals surface area contributed by atoms with Gasteiger partial charge in [-0.15, -0.1) is 0 Å². The summed E-state index contributed by atoms with van der Waals surface area (Å²) >= 11 is 0. The molecule has 5 heteroatoms. The molecule has 164 valence electrons. The molecule has 0 aliphatic rings. The first kappa shape index (κ1) is 23.1. The van der Waals surface area contributed by atoms with Gasteiger partial charge in [0.25, 0.3) is 0 Å². The van der Waals surface area contributed by atoms with Crippen molar-refractivity contribution >= 4 is 0 Å². The van der Waals surface area contributed by atoms with E-state index in [1.54, 1.807) is 6.92 Å². The molecular formula is C27H29N3O2. The van der Waals surface area contributed by atoms with E-state index in [0.717, 1.165) is 23.3 Å². The summed E-state index contributed by atoms with van der Waals surface area (Å²) in [6.45, 7) is 3.89. The first-order chi connectivity index (χ1) is 15.7. The van der Waals surface area contributed by atoms with Crippen LogP contribution in [0, 0.1) is 0 Å². The third kappa shape index (κ3) is 7.00. The first-order valence-electron chi connectivity index (χ1n) is 10.8. The van der Waals surface area contributed by atoms with E-state index in [1.807, 2.05) is 24.3 Å². The highest BCUT2D eigenvalue weighted by molar-refractivity contribution is 5.74. The van der Waals surface area contributed by atoms with E-state index in [2.05, 4.69) is 76.5 Å². The normalized spacial score (nSPS) is 12.2. The monoisotopic (exact) mass is 427 g/mol. The Kier molecular flexibility index (Phi) is 8.90. The number of nitrogens with zero attached hydrogens (tertiary/aromatic N) is 3. The van der Waals surface area contributed by atoms with Crippen molar-refractivity contribution in [3.05, 3.63) is 97.8 Å². The lowest BCUT2D eigenvalue weighted by atomic mass is 9.99. The molecule has 0 spiro atoms. The summed E-state index contributed by atoms with van der Waals surface area (Å²) in [7, 11) is 0. The summed E-state index contributed by atoms with van der Waals surface area (Å²) < 4.78 is 6.21. The molecule has 4 rings (SSSR count). The Bertz CT molecular complexity index is 1010. The number of benzene rings is 3. The van der Waals surface area contributed by atoms with E-state index < -0.39 is 0 Å². The summed E-state index contributed by atoms with van der Waals surface area (Å²) in [6.07, 6.45) is 5.47. The van der Waals surface area contributed by atoms with Gasteiger partial charge in [-0.1, -0.05) is 79.7 Å². The second-order valence-corrected chi connectivity index (χ2v) is 7.47. The summed E-state index contributed by atoms with van der Waals surface area (Å²) in [6, 6.07) is 27.1. The number of hydrogen-bond acceptors (Lipinski definition) is 5. The molecule has 32 heavy (non-hydrogen) atoms. The Morgan fingerprint density at radius 2 is 1.25 bits per heavy atom. The molecule has 0 saturated carbocycles. The van der Waals surface area contributed by atoms with Gasteiger partial charge in [-0.05, 0) is 36.1 Å². The lowest BCUT2D eigenvalue weighted by molar-refractivity contribution is 0.104. The summed E-state index contributed by atoms with van der Waals surface area (Å²) in [5, 5.41) is 9.68. The van der Waals surface area contributed by atoms with Crippen LogP contribution in [0.5, 0.6) is 5.75 Å². The van der Waals surface area contributed by atoms with Crippen LogP contribution in [0.1, 0.15) is 26.7 Å². The van der Waals surface area contributed by atoms with Gasteiger partial charge in [-0.25, -0.2) is 15.0 Å². The van der Waals surface area contributed by atoms with Crippen LogP contribution in [0.15, 0.2) is 97.8 Å². The van der Waals surface area contributed by atoms with Crippen molar-refractivity contribution in [3.63, 3.8) is 0 Å². The van der Waals surface area contributed by atoms with Crippen LogP contribution in [-0.4, -0.2) is 32.3 Å². The second kappa shape index (κ2) is 12.3. The Morgan fingerprint density at radius 1 is 0.719 bits per heavy atom. The van der Waals surface area contributed by atoms with Gasteiger partial charge < -0.3 is 9.84 Å². The third-order valence-electron chi connectivity index (χ3n) is 4.94. The molecule has 4 aromatic rings. The number of para-hydroxylation sites is 1. The quantitative estimate of drug-likeness (QED) is 0.402. The van der Waals surface area contributed by atoms with Gasteiger partial charge in [-0.2, -0.15) is 0 Å². The van der Waals surface area contributed by atoms with Gasteiger partial charge in [0.1, 0.15) is 30.8 Å². The Balaban J connectivity index is 0.000000416. The highest BCUT2D eigenvalue weighted by Gasteiger charge is 2.14. The van der Waals surface area contributed by atoms with Gasteiger partial charge >= 0.3 is 0 Å². The van der Waals surface area contributed by atoms with Gasteiger partial charge in [0, 0.05) is 12.0 Å². The zero-order chi connectivity index (χ0) is 22.6. The van der Waals surface area contributed by atoms with Gasteiger partial charge in [0.2, 0.25) is 0 Å². The maximum atomic E-state index is 9.68. The van der Waals surface area contributed by atoms with Crippen LogP contribution in [0.2, 0.25) is 0 Å². The summed E-state index contributed by atoms with van der Waals surface area (Å²) in [4.78, 5) is 10.7. The second-order valence-electron chi connectivity index (χ2n) is 7.47. The molecule has 1 N–H and O–H groups in total. The van der Waals surface area contributed by atoms with E-state index in [0.29, 0.717) is 6.42 Å². The predicted octanol–water partition coefficient (Wildman–Crippen LogP) is 5.82. The summed E-state index contributed by atoms with van der Waals surface area (Å²) in [5.74, 6) is 0.868. The third-order valence-corrected chi connectivity index (χ3v) is 4.94. The standard InChI is InChI=1S/C24H26O2.C3H3N3/c1-3-22(17-18(2)25)26-24-12-8-7-11-23(24)21-15-13-20(14-16-21)19-9-5-4-6-10-19;1-4-2-6-3-5-1/h4-16,18,22,25H,3,17H2,1-2H3;1-3H. The molecule has 0 aliphatic heterocycles. The molecule has 3 aromatic carbocycles. The fraction of sp³-hybridized carbons (Fsp3) is 0.222. The van der Waals surface area contributed by atoms with Crippen molar-refractivity contribution in [1.82, 2.24) is 15.0 Å². The van der Waals surface area contributed by atoms with Crippen molar-refractivity contribution in [2.45, 2.75) is 38.9 Å². The zero-order valence-corrected chi connectivity index (χ0v) is 18.5. The van der Waals surface area contributed by atoms with Crippen LogP contribution in [-0.2, 0) is 0 Å². The van der Waals surface area contributed by atoms with E-state index in [4.69, 9.17) is 4.74 Å². The highest BCUT2D eigenvalue weighted by atomic mass is 16.5. The molecule has 0 aliphatic carbocycles. The largest absolute Gasteiger partial charge is 0.490 e. The molecule has 1 heterocycles. The predicted molar refractivity (Wildman–Crippen MR) is 128 cm³/mol. The molecule has 5 nitrogen and oxygen atoms in total. The van der Waals surface area contributed by atoms with Crippen LogP contribution in [0.3, 0.4) is 0 Å². The molecule has 0 fully saturated rings. The minimum Gasteiger partial charge on any atom is -0.490 e. The minimum atomic E-state index is -0.364. The van der Waals surface area contributed by atoms with Crippen LogP contribution < -0.4 is 4.74 Å². The van der Waals surface area contributed by atoms with E-state index in [-0.39, 0.29) is 12.2 Å². The number of hydrogen-bond donors (Lipinski definition) is 1. The lowest BCUT2D eigenvalue weighted by Gasteiger charge is -2.21. The fourth-order valence-electron chi connectivity index (χ4n) is 3.34. The molecule has 1 aromatic heterocycles. The average Bonchev–Trinajstić information content (AvgIpc) is 2.86. The van der Waals surface area contributed by atoms with Gasteiger partial charge in [0.05, 0.1) is 6.10 Å². The number of aromatic nitrogens is 3. The van der Waals surface area contributed by atoms with Crippen molar-refractivity contribution in [2.75, 3.05) is 0 Å². The van der Waals surface area contributed by atoms with Crippen LogP contribution in [0.4, 0.5) is 0 Å². The number of aliphatic hydroxyl groups excluding tert-OH is 1. The molecule has 0 saturated heterocycles. The number of ether oxygens (including phenoxy) is 1. The molecule has 0 amide bonds.